The van der Waals surface area contributed by atoms with Crippen LogP contribution in [0, 0.1) is 6.92 Å². The number of H-pyrrole nitrogens is 1. The Morgan fingerprint density at radius 3 is 2.43 bits per heavy atom. The van der Waals surface area contributed by atoms with E-state index in [0.717, 1.165) is 56.7 Å². The maximum atomic E-state index is 13.9. The Bertz CT molecular complexity index is 2810. The van der Waals surface area contributed by atoms with Crippen molar-refractivity contribution in [3.05, 3.63) is 137 Å². The lowest BCUT2D eigenvalue weighted by atomic mass is 9.87. The third-order valence-electron chi connectivity index (χ3n) is 13.5. The average molecular weight is 998 g/mol. The maximum absolute atomic E-state index is 13.9. The normalized spacial score (nSPS) is 15.3. The van der Waals surface area contributed by atoms with Gasteiger partial charge in [0, 0.05) is 81.9 Å². The quantitative estimate of drug-likeness (QED) is 0.0472. The summed E-state index contributed by atoms with van der Waals surface area (Å²) in [5, 5.41) is 13.8. The van der Waals surface area contributed by atoms with E-state index < -0.39 is 11.4 Å². The monoisotopic (exact) mass is 996 g/mol. The lowest BCUT2D eigenvalue weighted by molar-refractivity contribution is -0.134. The van der Waals surface area contributed by atoms with Gasteiger partial charge in [-0.05, 0) is 79.1 Å². The van der Waals surface area contributed by atoms with Gasteiger partial charge in [0.1, 0.15) is 17.8 Å². The zero-order valence-electron chi connectivity index (χ0n) is 41.1. The predicted octanol–water partition coefficient (Wildman–Crippen LogP) is 5.80. The van der Waals surface area contributed by atoms with Crippen molar-refractivity contribution in [1.29, 1.82) is 0 Å². The number of ether oxygens (including phenoxy) is 1. The first kappa shape index (κ1) is 51.6. The van der Waals surface area contributed by atoms with Crippen LogP contribution in [0.25, 0.3) is 22.2 Å². The molecule has 17 nitrogen and oxygen atoms in total. The van der Waals surface area contributed by atoms with E-state index in [1.807, 2.05) is 78.7 Å². The van der Waals surface area contributed by atoms with Gasteiger partial charge in [0.2, 0.25) is 17.7 Å². The molecule has 3 aromatic carbocycles. The summed E-state index contributed by atoms with van der Waals surface area (Å²) in [6, 6.07) is 27.2. The zero-order valence-corrected chi connectivity index (χ0v) is 41.8. The summed E-state index contributed by atoms with van der Waals surface area (Å²) < 4.78 is 5.79. The number of carbonyl (C=O) groups excluding carboxylic acids is 4. The molecule has 0 spiro atoms. The molecule has 0 saturated carbocycles. The number of halogens is 1. The summed E-state index contributed by atoms with van der Waals surface area (Å²) >= 11 is 6.25. The van der Waals surface area contributed by atoms with E-state index in [1.54, 1.807) is 18.6 Å². The van der Waals surface area contributed by atoms with Crippen molar-refractivity contribution in [3.8, 4) is 11.1 Å². The van der Waals surface area contributed by atoms with Crippen molar-refractivity contribution in [2.24, 2.45) is 5.73 Å². The molecule has 0 aliphatic carbocycles. The van der Waals surface area contributed by atoms with E-state index in [-0.39, 0.29) is 62.2 Å². The van der Waals surface area contributed by atoms with Gasteiger partial charge in [0.05, 0.1) is 48.8 Å². The van der Waals surface area contributed by atoms with Gasteiger partial charge >= 0.3 is 0 Å². The van der Waals surface area contributed by atoms with Crippen molar-refractivity contribution < 1.29 is 23.9 Å². The summed E-state index contributed by atoms with van der Waals surface area (Å²) in [6.07, 6.45) is 7.70. The minimum absolute atomic E-state index is 0.00373. The fourth-order valence-electron chi connectivity index (χ4n) is 9.25. The number of aryl methyl sites for hydroxylation is 2. The fourth-order valence-corrected chi connectivity index (χ4v) is 9.38. The van der Waals surface area contributed by atoms with Crippen molar-refractivity contribution in [1.82, 2.24) is 45.7 Å². The number of pyridine rings is 1. The first-order chi connectivity index (χ1) is 34.9. The van der Waals surface area contributed by atoms with Crippen LogP contribution in [0.3, 0.4) is 0 Å². The molecule has 3 aromatic heterocycles. The van der Waals surface area contributed by atoms with Crippen LogP contribution in [0.2, 0.25) is 5.02 Å². The molecule has 6 aromatic rings. The predicted molar refractivity (Wildman–Crippen MR) is 281 cm³/mol. The Balaban J connectivity index is 0.765. The molecule has 1 atom stereocenters. The molecule has 7 N–H and O–H groups in total. The van der Waals surface area contributed by atoms with Gasteiger partial charge in [-0.2, -0.15) is 0 Å². The SMILES string of the molecule is CCc1cccc(-c2cnc(C(=O)NCCOCCC(=O)N3CCN(CC[C@H](NC(=O)C4(N)CCN(c5ncnc6[nH]ccc56)CC4)c4ccc(Cl)cc4)CC3)c(NC(=O)CNCc3cccc(C)c3)c2)c1. The molecule has 0 bridgehead atoms. The Morgan fingerprint density at radius 1 is 0.875 bits per heavy atom. The lowest BCUT2D eigenvalue weighted by Crippen LogP contribution is -2.60. The number of nitrogens with one attached hydrogen (secondary N) is 5. The third-order valence-corrected chi connectivity index (χ3v) is 13.8. The number of hydrogen-bond acceptors (Lipinski definition) is 12. The number of aromatic amines is 1. The average Bonchev–Trinajstić information content (AvgIpc) is 3.89. The van der Waals surface area contributed by atoms with Crippen LogP contribution in [-0.4, -0.2) is 131 Å². The van der Waals surface area contributed by atoms with E-state index in [2.05, 4.69) is 76.1 Å². The number of piperidine rings is 1. The van der Waals surface area contributed by atoms with Crippen LogP contribution in [0.15, 0.2) is 104 Å². The highest BCUT2D eigenvalue weighted by Gasteiger charge is 2.39. The van der Waals surface area contributed by atoms with Gasteiger partial charge < -0.3 is 46.5 Å². The van der Waals surface area contributed by atoms with Crippen LogP contribution in [-0.2, 0) is 32.1 Å². The van der Waals surface area contributed by atoms with Crippen molar-refractivity contribution >= 4 is 57.8 Å². The molecule has 2 fully saturated rings. The van der Waals surface area contributed by atoms with Crippen LogP contribution in [0.4, 0.5) is 11.5 Å². The first-order valence-electron chi connectivity index (χ1n) is 24.8. The molecule has 0 radical (unpaired) electrons. The van der Waals surface area contributed by atoms with Crippen LogP contribution in [0.5, 0.6) is 0 Å². The topological polar surface area (TPSA) is 216 Å². The Hall–Kier alpha value is -6.76. The molecule has 8 rings (SSSR count). The Labute approximate surface area is 425 Å². The summed E-state index contributed by atoms with van der Waals surface area (Å²) in [7, 11) is 0. The molecular weight excluding hydrogens is 932 g/mol. The van der Waals surface area contributed by atoms with E-state index in [1.165, 1.54) is 0 Å². The first-order valence-corrected chi connectivity index (χ1v) is 25.2. The largest absolute Gasteiger partial charge is 0.379 e. The number of rotatable bonds is 21. The molecule has 2 aliphatic heterocycles. The van der Waals surface area contributed by atoms with E-state index >= 15 is 0 Å². The highest BCUT2D eigenvalue weighted by atomic mass is 35.5. The van der Waals surface area contributed by atoms with Gasteiger partial charge in [-0.25, -0.2) is 15.0 Å². The summed E-state index contributed by atoms with van der Waals surface area (Å²) in [5.74, 6) is -0.0990. The minimum atomic E-state index is -1.04. The van der Waals surface area contributed by atoms with E-state index in [0.29, 0.717) is 82.3 Å². The number of amides is 4. The second-order valence-corrected chi connectivity index (χ2v) is 19.0. The molecule has 0 unspecified atom stereocenters. The van der Waals surface area contributed by atoms with Crippen LogP contribution < -0.4 is 31.9 Å². The molecule has 5 heterocycles. The van der Waals surface area contributed by atoms with Gasteiger partial charge in [-0.15, -0.1) is 0 Å². The van der Waals surface area contributed by atoms with Gasteiger partial charge in [0.25, 0.3) is 5.91 Å². The van der Waals surface area contributed by atoms with Crippen molar-refractivity contribution in [2.45, 2.75) is 64.1 Å². The molecule has 4 amide bonds. The summed E-state index contributed by atoms with van der Waals surface area (Å²) in [6.45, 7) is 9.68. The minimum Gasteiger partial charge on any atom is -0.379 e. The number of carbonyl (C=O) groups is 4. The highest BCUT2D eigenvalue weighted by molar-refractivity contribution is 6.30. The van der Waals surface area contributed by atoms with Crippen molar-refractivity contribution in [3.63, 3.8) is 0 Å². The van der Waals surface area contributed by atoms with Gasteiger partial charge in [-0.3, -0.25) is 24.1 Å². The van der Waals surface area contributed by atoms with Crippen LogP contribution >= 0.6 is 11.6 Å². The standard InChI is InChI=1S/C54H65ClN12O5/c1-3-38-7-5-9-41(31-38)42-32-46(63-47(68)35-57-33-39-8-4-6-37(2)30-39)49(60-34-42)52(70)59-20-29-72-28-16-48(69)66-26-24-65(25-27-66)21-15-45(40-10-12-43(55)13-11-40)64-53(71)54(56)17-22-67(23-18-54)51-44-14-19-58-50(44)61-36-62-51/h4-14,19,30-32,34,36,45,57H,3,15-18,20-29,33,35,56H2,1-2H3,(H,59,70)(H,63,68)(H,64,71)(H,58,61,62)/t45-/m0/s1. The van der Waals surface area contributed by atoms with Gasteiger partial charge in [-0.1, -0.05) is 84.8 Å². The molecule has 2 aliphatic rings. The number of benzene rings is 3. The molecule has 18 heteroatoms. The number of piperazine rings is 1. The third kappa shape index (κ3) is 13.6. The summed E-state index contributed by atoms with van der Waals surface area (Å²) in [4.78, 5) is 76.6. The second kappa shape index (κ2) is 24.6. The molecule has 2 saturated heterocycles. The zero-order chi connectivity index (χ0) is 50.5. The second-order valence-electron chi connectivity index (χ2n) is 18.6. The number of fused-ring (bicyclic) bond motifs is 1. The van der Waals surface area contributed by atoms with Crippen molar-refractivity contribution in [2.75, 3.05) is 82.3 Å². The number of anilines is 2. The van der Waals surface area contributed by atoms with E-state index in [9.17, 15) is 19.2 Å². The Morgan fingerprint density at radius 2 is 1.65 bits per heavy atom. The maximum Gasteiger partial charge on any atom is 0.272 e. The number of aromatic nitrogens is 4. The fraction of sp³-hybridized carbons (Fsp3) is 0.389. The molecule has 72 heavy (non-hydrogen) atoms. The summed E-state index contributed by atoms with van der Waals surface area (Å²) in [5.41, 5.74) is 13.0. The Kier molecular flexibility index (Phi) is 17.6. The number of nitrogens with zero attached hydrogens (tertiary/aromatic N) is 6. The van der Waals surface area contributed by atoms with Gasteiger partial charge in [0.15, 0.2) is 5.69 Å². The molecule has 378 valence electrons. The number of nitrogens with two attached hydrogens (primary N) is 1. The highest BCUT2D eigenvalue weighted by Crippen LogP contribution is 2.30. The molecular formula is C54H65ClN12O5. The van der Waals surface area contributed by atoms with Crippen LogP contribution in [0.1, 0.15) is 71.4 Å². The smallest absolute Gasteiger partial charge is 0.272 e. The lowest BCUT2D eigenvalue weighted by Gasteiger charge is -2.39. The number of hydrogen-bond donors (Lipinski definition) is 6. The van der Waals surface area contributed by atoms with E-state index in [4.69, 9.17) is 22.1 Å².